The SMILES string of the molecule is NCC1(c2c(Cl)ccc3cccnc23)CC1(F)F. The van der Waals surface area contributed by atoms with E-state index >= 15 is 0 Å². The van der Waals surface area contributed by atoms with Gasteiger partial charge in [0, 0.05) is 35.1 Å². The first-order valence-electron chi connectivity index (χ1n) is 5.63. The Bertz CT molecular complexity index is 629. The van der Waals surface area contributed by atoms with Gasteiger partial charge < -0.3 is 5.73 Å². The number of halogens is 3. The van der Waals surface area contributed by atoms with Gasteiger partial charge in [0.2, 0.25) is 0 Å². The maximum atomic E-state index is 13.7. The van der Waals surface area contributed by atoms with E-state index in [0.717, 1.165) is 5.39 Å². The standard InChI is InChI=1S/C13H11ClF2N2/c14-9-4-3-8-2-1-5-18-11(8)10(9)12(7-17)6-13(12,15)16/h1-5H,6-7,17H2. The van der Waals surface area contributed by atoms with Gasteiger partial charge in [-0.15, -0.1) is 0 Å². The van der Waals surface area contributed by atoms with Crippen LogP contribution in [0.1, 0.15) is 12.0 Å². The second-order valence-corrected chi connectivity index (χ2v) is 5.07. The van der Waals surface area contributed by atoms with Crippen molar-refractivity contribution in [2.45, 2.75) is 17.8 Å². The summed E-state index contributed by atoms with van der Waals surface area (Å²) < 4.78 is 27.4. The lowest BCUT2D eigenvalue weighted by Crippen LogP contribution is -2.27. The monoisotopic (exact) mass is 268 g/mol. The van der Waals surface area contributed by atoms with Crippen molar-refractivity contribution < 1.29 is 8.78 Å². The van der Waals surface area contributed by atoms with Crippen LogP contribution in [0.15, 0.2) is 30.5 Å². The summed E-state index contributed by atoms with van der Waals surface area (Å²) in [5.41, 5.74) is 5.13. The molecule has 0 amide bonds. The summed E-state index contributed by atoms with van der Waals surface area (Å²) in [4.78, 5) is 4.19. The number of pyridine rings is 1. The molecule has 1 atom stereocenters. The molecule has 0 spiro atoms. The largest absolute Gasteiger partial charge is 0.329 e. The van der Waals surface area contributed by atoms with Crippen LogP contribution in [0.25, 0.3) is 10.9 Å². The third kappa shape index (κ3) is 1.39. The molecule has 0 aliphatic heterocycles. The van der Waals surface area contributed by atoms with Crippen LogP contribution in [0.2, 0.25) is 5.02 Å². The lowest BCUT2D eigenvalue weighted by molar-refractivity contribution is 0.0899. The van der Waals surface area contributed by atoms with Crippen LogP contribution >= 0.6 is 11.6 Å². The lowest BCUT2D eigenvalue weighted by Gasteiger charge is -2.18. The quantitative estimate of drug-likeness (QED) is 0.909. The summed E-state index contributed by atoms with van der Waals surface area (Å²) >= 11 is 6.10. The molecule has 1 aromatic heterocycles. The molecule has 0 radical (unpaired) electrons. The minimum Gasteiger partial charge on any atom is -0.329 e. The van der Waals surface area contributed by atoms with Gasteiger partial charge in [-0.3, -0.25) is 4.98 Å². The number of fused-ring (bicyclic) bond motifs is 1. The molecule has 1 aromatic carbocycles. The predicted molar refractivity (Wildman–Crippen MR) is 67.0 cm³/mol. The summed E-state index contributed by atoms with van der Waals surface area (Å²) in [6.45, 7) is -0.130. The highest BCUT2D eigenvalue weighted by atomic mass is 35.5. The molecule has 0 bridgehead atoms. The number of hydrogen-bond acceptors (Lipinski definition) is 2. The number of benzene rings is 1. The number of aromatic nitrogens is 1. The molecule has 94 valence electrons. The summed E-state index contributed by atoms with van der Waals surface area (Å²) in [5, 5.41) is 1.11. The van der Waals surface area contributed by atoms with Gasteiger partial charge in [-0.1, -0.05) is 23.7 Å². The van der Waals surface area contributed by atoms with Crippen LogP contribution < -0.4 is 5.73 Å². The second kappa shape index (κ2) is 3.62. The highest BCUT2D eigenvalue weighted by molar-refractivity contribution is 6.32. The van der Waals surface area contributed by atoms with Crippen LogP contribution in [-0.4, -0.2) is 17.5 Å². The molecule has 2 aromatic rings. The van der Waals surface area contributed by atoms with Gasteiger partial charge in [0.25, 0.3) is 5.92 Å². The van der Waals surface area contributed by atoms with E-state index in [1.165, 1.54) is 0 Å². The summed E-state index contributed by atoms with van der Waals surface area (Å²) in [7, 11) is 0. The third-order valence-corrected chi connectivity index (χ3v) is 3.96. The molecule has 1 saturated carbocycles. The van der Waals surface area contributed by atoms with Crippen LogP contribution in [-0.2, 0) is 5.41 Å². The van der Waals surface area contributed by atoms with Crippen LogP contribution in [0.3, 0.4) is 0 Å². The second-order valence-electron chi connectivity index (χ2n) is 4.66. The number of rotatable bonds is 2. The molecular formula is C13H11ClF2N2. The van der Waals surface area contributed by atoms with Crippen LogP contribution in [0.4, 0.5) is 8.78 Å². The fraction of sp³-hybridized carbons (Fsp3) is 0.308. The van der Waals surface area contributed by atoms with E-state index in [4.69, 9.17) is 17.3 Å². The zero-order chi connectivity index (χ0) is 13.0. The number of nitrogens with zero attached hydrogens (tertiary/aromatic N) is 1. The molecule has 1 unspecified atom stereocenters. The van der Waals surface area contributed by atoms with Gasteiger partial charge in [-0.05, 0) is 12.1 Å². The molecular weight excluding hydrogens is 258 g/mol. The predicted octanol–water partition coefficient (Wildman–Crippen LogP) is 3.12. The van der Waals surface area contributed by atoms with Gasteiger partial charge in [0.05, 0.1) is 10.9 Å². The van der Waals surface area contributed by atoms with E-state index in [2.05, 4.69) is 4.98 Å². The molecule has 5 heteroatoms. The van der Waals surface area contributed by atoms with E-state index in [1.54, 1.807) is 24.4 Å². The highest BCUT2D eigenvalue weighted by Crippen LogP contribution is 2.63. The van der Waals surface area contributed by atoms with Gasteiger partial charge in [-0.2, -0.15) is 0 Å². The van der Waals surface area contributed by atoms with Crippen molar-refractivity contribution in [2.24, 2.45) is 5.73 Å². The van der Waals surface area contributed by atoms with Crippen molar-refractivity contribution in [1.82, 2.24) is 4.98 Å². The zero-order valence-electron chi connectivity index (χ0n) is 9.46. The van der Waals surface area contributed by atoms with Crippen molar-refractivity contribution in [3.8, 4) is 0 Å². The molecule has 2 N–H and O–H groups in total. The van der Waals surface area contributed by atoms with Crippen molar-refractivity contribution in [3.63, 3.8) is 0 Å². The van der Waals surface area contributed by atoms with Crippen LogP contribution in [0, 0.1) is 0 Å². The van der Waals surface area contributed by atoms with Gasteiger partial charge in [-0.25, -0.2) is 8.78 Å². The molecule has 1 aliphatic carbocycles. The van der Waals surface area contributed by atoms with E-state index < -0.39 is 11.3 Å². The van der Waals surface area contributed by atoms with E-state index in [1.807, 2.05) is 6.07 Å². The smallest absolute Gasteiger partial charge is 0.260 e. The minimum absolute atomic E-state index is 0.130. The van der Waals surface area contributed by atoms with E-state index in [9.17, 15) is 8.78 Å². The fourth-order valence-electron chi connectivity index (χ4n) is 2.51. The van der Waals surface area contributed by atoms with Crippen molar-refractivity contribution in [3.05, 3.63) is 41.0 Å². The van der Waals surface area contributed by atoms with Crippen molar-refractivity contribution >= 4 is 22.5 Å². The number of hydrogen-bond donors (Lipinski definition) is 1. The van der Waals surface area contributed by atoms with Crippen molar-refractivity contribution in [1.29, 1.82) is 0 Å². The van der Waals surface area contributed by atoms with E-state index in [0.29, 0.717) is 16.1 Å². The third-order valence-electron chi connectivity index (χ3n) is 3.65. The molecule has 0 saturated heterocycles. The Morgan fingerprint density at radius 2 is 2.06 bits per heavy atom. The maximum absolute atomic E-state index is 13.7. The number of nitrogens with two attached hydrogens (primary N) is 1. The zero-order valence-corrected chi connectivity index (χ0v) is 10.2. The average Bonchev–Trinajstić information content (AvgIpc) is 2.92. The minimum atomic E-state index is -2.79. The van der Waals surface area contributed by atoms with Gasteiger partial charge in [0.1, 0.15) is 0 Å². The number of alkyl halides is 2. The summed E-state index contributed by atoms with van der Waals surface area (Å²) in [6.07, 6.45) is 1.32. The summed E-state index contributed by atoms with van der Waals surface area (Å²) in [6, 6.07) is 7.00. The Hall–Kier alpha value is -1.26. The van der Waals surface area contributed by atoms with Crippen molar-refractivity contribution in [2.75, 3.05) is 6.54 Å². The Balaban J connectivity index is 2.32. The fourth-order valence-corrected chi connectivity index (χ4v) is 2.84. The normalized spacial score (nSPS) is 25.3. The Morgan fingerprint density at radius 1 is 1.33 bits per heavy atom. The molecule has 18 heavy (non-hydrogen) atoms. The van der Waals surface area contributed by atoms with Gasteiger partial charge in [0.15, 0.2) is 0 Å². The van der Waals surface area contributed by atoms with E-state index in [-0.39, 0.29) is 13.0 Å². The Labute approximate surface area is 108 Å². The summed E-state index contributed by atoms with van der Waals surface area (Å²) in [5.74, 6) is -2.79. The Morgan fingerprint density at radius 3 is 2.67 bits per heavy atom. The molecule has 1 heterocycles. The first-order valence-corrected chi connectivity index (χ1v) is 6.01. The van der Waals surface area contributed by atoms with Gasteiger partial charge >= 0.3 is 0 Å². The topological polar surface area (TPSA) is 38.9 Å². The average molecular weight is 269 g/mol. The first-order chi connectivity index (χ1) is 8.52. The molecule has 1 aliphatic rings. The molecule has 3 rings (SSSR count). The maximum Gasteiger partial charge on any atom is 0.260 e. The Kier molecular flexibility index (Phi) is 2.37. The molecule has 1 fully saturated rings. The molecule has 2 nitrogen and oxygen atoms in total. The highest BCUT2D eigenvalue weighted by Gasteiger charge is 2.72. The lowest BCUT2D eigenvalue weighted by atomic mass is 9.92. The first kappa shape index (κ1) is 11.8. The van der Waals surface area contributed by atoms with Crippen LogP contribution in [0.5, 0.6) is 0 Å².